The maximum atomic E-state index is 13.1. The van der Waals surface area contributed by atoms with Gasteiger partial charge in [-0.3, -0.25) is 4.79 Å². The maximum Gasteiger partial charge on any atom is 0.416 e. The molecule has 3 rings (SSSR count). The molecule has 1 aliphatic heterocycles. The fourth-order valence-electron chi connectivity index (χ4n) is 2.93. The van der Waals surface area contributed by atoms with Gasteiger partial charge >= 0.3 is 6.18 Å². The quantitative estimate of drug-likeness (QED) is 0.821. The van der Waals surface area contributed by atoms with Gasteiger partial charge in [0.25, 0.3) is 5.91 Å². The molecule has 8 heteroatoms. The summed E-state index contributed by atoms with van der Waals surface area (Å²) in [6.45, 7) is 2.82. The Kier molecular flexibility index (Phi) is 5.36. The minimum Gasteiger partial charge on any atom is -0.367 e. The van der Waals surface area contributed by atoms with Crippen LogP contribution in [-0.4, -0.2) is 44.0 Å². The Morgan fingerprint density at radius 2 is 1.63 bits per heavy atom. The highest BCUT2D eigenvalue weighted by Gasteiger charge is 2.32. The second kappa shape index (κ2) is 7.56. The number of carbonyl (C=O) groups excluding carboxylic acids is 1. The van der Waals surface area contributed by atoms with Crippen LogP contribution in [0.3, 0.4) is 0 Å². The maximum absolute atomic E-state index is 13.1. The van der Waals surface area contributed by atoms with Gasteiger partial charge in [-0.05, 0) is 49.5 Å². The highest BCUT2D eigenvalue weighted by Crippen LogP contribution is 2.36. The summed E-state index contributed by atoms with van der Waals surface area (Å²) in [6.07, 6.45) is -4.52. The summed E-state index contributed by atoms with van der Waals surface area (Å²) in [6, 6.07) is 8.16. The molecule has 144 valence electrons. The van der Waals surface area contributed by atoms with Gasteiger partial charge in [-0.1, -0.05) is 0 Å². The highest BCUT2D eigenvalue weighted by atomic mass is 19.4. The summed E-state index contributed by atoms with van der Waals surface area (Å²) in [7, 11) is 1.97. The zero-order valence-corrected chi connectivity index (χ0v) is 14.7. The van der Waals surface area contributed by atoms with E-state index in [1.54, 1.807) is 0 Å². The van der Waals surface area contributed by atoms with E-state index in [-0.39, 0.29) is 11.3 Å². The highest BCUT2D eigenvalue weighted by molar-refractivity contribution is 6.06. The molecule has 1 heterocycles. The second-order valence-electron chi connectivity index (χ2n) is 6.48. The Morgan fingerprint density at radius 1 is 1.00 bits per heavy atom. The van der Waals surface area contributed by atoms with E-state index in [0.29, 0.717) is 18.8 Å². The molecule has 0 atom stereocenters. The number of anilines is 2. The topological polar surface area (TPSA) is 35.6 Å². The number of amides is 1. The van der Waals surface area contributed by atoms with E-state index in [1.807, 2.05) is 11.9 Å². The molecule has 4 nitrogen and oxygen atoms in total. The summed E-state index contributed by atoms with van der Waals surface area (Å²) in [5, 5.41) is 2.55. The van der Waals surface area contributed by atoms with Crippen LogP contribution in [0.1, 0.15) is 15.9 Å². The van der Waals surface area contributed by atoms with E-state index in [0.717, 1.165) is 37.4 Å². The molecular formula is C19H19F4N3O. The average Bonchev–Trinajstić information content (AvgIpc) is 2.62. The summed E-state index contributed by atoms with van der Waals surface area (Å²) >= 11 is 0. The van der Waals surface area contributed by atoms with Crippen LogP contribution < -0.4 is 10.2 Å². The predicted octanol–water partition coefficient (Wildman–Crippen LogP) is 3.85. The van der Waals surface area contributed by atoms with Gasteiger partial charge in [0.15, 0.2) is 0 Å². The molecule has 0 unspecified atom stereocenters. The molecular weight excluding hydrogens is 362 g/mol. The molecule has 0 aromatic heterocycles. The smallest absolute Gasteiger partial charge is 0.367 e. The fraction of sp³-hybridized carbons (Fsp3) is 0.316. The van der Waals surface area contributed by atoms with Crippen LogP contribution >= 0.6 is 0 Å². The first-order chi connectivity index (χ1) is 12.7. The van der Waals surface area contributed by atoms with E-state index in [1.165, 1.54) is 18.2 Å². The van der Waals surface area contributed by atoms with Crippen LogP contribution in [0.15, 0.2) is 42.5 Å². The van der Waals surface area contributed by atoms with E-state index >= 15 is 0 Å². The van der Waals surface area contributed by atoms with Crippen LogP contribution in [0.5, 0.6) is 0 Å². The lowest BCUT2D eigenvalue weighted by Gasteiger charge is -2.35. The standard InChI is InChI=1S/C19H19F4N3O/c1-25-8-10-26(11-9-25)17-7-4-14(19(21,22)23)12-16(17)24-18(27)13-2-5-15(20)6-3-13/h2-7,12H,8-11H2,1H3,(H,24,27). The Morgan fingerprint density at radius 3 is 2.22 bits per heavy atom. The third-order valence-corrected chi connectivity index (χ3v) is 4.52. The van der Waals surface area contributed by atoms with Crippen molar-refractivity contribution >= 4 is 17.3 Å². The molecule has 2 aromatic rings. The molecule has 1 amide bonds. The summed E-state index contributed by atoms with van der Waals surface area (Å²) in [5.41, 5.74) is -0.0526. The number of halogens is 4. The fourth-order valence-corrected chi connectivity index (χ4v) is 2.93. The van der Waals surface area contributed by atoms with Crippen molar-refractivity contribution < 1.29 is 22.4 Å². The van der Waals surface area contributed by atoms with Crippen molar-refractivity contribution in [3.63, 3.8) is 0 Å². The number of nitrogens with zero attached hydrogens (tertiary/aromatic N) is 2. The van der Waals surface area contributed by atoms with Crippen molar-refractivity contribution in [2.75, 3.05) is 43.4 Å². The number of piperazine rings is 1. The van der Waals surface area contributed by atoms with Crippen molar-refractivity contribution in [2.45, 2.75) is 6.18 Å². The van der Waals surface area contributed by atoms with Crippen molar-refractivity contribution in [2.24, 2.45) is 0 Å². The number of likely N-dealkylation sites (N-methyl/N-ethyl adjacent to an activating group) is 1. The van der Waals surface area contributed by atoms with Gasteiger partial charge in [-0.15, -0.1) is 0 Å². The normalized spacial score (nSPS) is 15.7. The Bertz CT molecular complexity index is 813. The van der Waals surface area contributed by atoms with E-state index in [9.17, 15) is 22.4 Å². The molecule has 1 saturated heterocycles. The number of rotatable bonds is 3. The van der Waals surface area contributed by atoms with Crippen molar-refractivity contribution in [3.8, 4) is 0 Å². The zero-order chi connectivity index (χ0) is 19.6. The SMILES string of the molecule is CN1CCN(c2ccc(C(F)(F)F)cc2NC(=O)c2ccc(F)cc2)CC1. The minimum absolute atomic E-state index is 0.0868. The van der Waals surface area contributed by atoms with E-state index < -0.39 is 23.5 Å². The van der Waals surface area contributed by atoms with E-state index in [2.05, 4.69) is 10.2 Å². The molecule has 1 N–H and O–H groups in total. The van der Waals surface area contributed by atoms with Gasteiger partial charge < -0.3 is 15.1 Å². The third-order valence-electron chi connectivity index (χ3n) is 4.52. The number of hydrogen-bond donors (Lipinski definition) is 1. The van der Waals surface area contributed by atoms with Gasteiger partial charge in [-0.25, -0.2) is 4.39 Å². The lowest BCUT2D eigenvalue weighted by Crippen LogP contribution is -2.44. The monoisotopic (exact) mass is 381 g/mol. The van der Waals surface area contributed by atoms with Crippen LogP contribution in [-0.2, 0) is 6.18 Å². The molecule has 0 spiro atoms. The Balaban J connectivity index is 1.92. The molecule has 0 radical (unpaired) electrons. The van der Waals surface area contributed by atoms with Crippen LogP contribution in [0.2, 0.25) is 0 Å². The summed E-state index contributed by atoms with van der Waals surface area (Å²) < 4.78 is 52.4. The van der Waals surface area contributed by atoms with Crippen molar-refractivity contribution in [3.05, 3.63) is 59.4 Å². The molecule has 1 aliphatic rings. The average molecular weight is 381 g/mol. The van der Waals surface area contributed by atoms with Gasteiger partial charge in [0.1, 0.15) is 5.82 Å². The molecule has 1 fully saturated rings. The number of hydrogen-bond acceptors (Lipinski definition) is 3. The first-order valence-electron chi connectivity index (χ1n) is 8.46. The van der Waals surface area contributed by atoms with Gasteiger partial charge in [-0.2, -0.15) is 13.2 Å². The molecule has 2 aromatic carbocycles. The first kappa shape index (κ1) is 19.2. The summed E-state index contributed by atoms with van der Waals surface area (Å²) in [4.78, 5) is 16.5. The largest absolute Gasteiger partial charge is 0.416 e. The van der Waals surface area contributed by atoms with Gasteiger partial charge in [0.05, 0.1) is 16.9 Å². The van der Waals surface area contributed by atoms with Crippen molar-refractivity contribution in [1.29, 1.82) is 0 Å². The lowest BCUT2D eigenvalue weighted by molar-refractivity contribution is -0.137. The predicted molar refractivity (Wildman–Crippen MR) is 95.5 cm³/mol. The zero-order valence-electron chi connectivity index (χ0n) is 14.7. The van der Waals surface area contributed by atoms with Crippen LogP contribution in [0, 0.1) is 5.82 Å². The van der Waals surface area contributed by atoms with E-state index in [4.69, 9.17) is 0 Å². The first-order valence-corrected chi connectivity index (χ1v) is 8.46. The van der Waals surface area contributed by atoms with Gasteiger partial charge in [0, 0.05) is 31.7 Å². The second-order valence-corrected chi connectivity index (χ2v) is 6.48. The van der Waals surface area contributed by atoms with Crippen LogP contribution in [0.25, 0.3) is 0 Å². The Labute approximate surface area is 154 Å². The number of benzene rings is 2. The molecule has 0 bridgehead atoms. The number of alkyl halides is 3. The molecule has 0 aliphatic carbocycles. The summed E-state index contributed by atoms with van der Waals surface area (Å²) in [5.74, 6) is -1.09. The van der Waals surface area contributed by atoms with Crippen molar-refractivity contribution in [1.82, 2.24) is 4.90 Å². The minimum atomic E-state index is -4.52. The molecule has 0 saturated carbocycles. The third kappa shape index (κ3) is 4.57. The lowest BCUT2D eigenvalue weighted by atomic mass is 10.1. The van der Waals surface area contributed by atoms with Gasteiger partial charge in [0.2, 0.25) is 0 Å². The van der Waals surface area contributed by atoms with Crippen LogP contribution in [0.4, 0.5) is 28.9 Å². The molecule has 27 heavy (non-hydrogen) atoms. The number of carbonyl (C=O) groups is 1. The Hall–Kier alpha value is -2.61. The number of nitrogens with one attached hydrogen (secondary N) is 1.